The summed E-state index contributed by atoms with van der Waals surface area (Å²) in [6.45, 7) is 6.06. The maximum atomic E-state index is 13.0. The van der Waals surface area contributed by atoms with Crippen LogP contribution in [0.1, 0.15) is 58.4 Å². The van der Waals surface area contributed by atoms with E-state index in [9.17, 15) is 14.7 Å². The number of nitrogens with zero attached hydrogens (tertiary/aromatic N) is 2. The zero-order chi connectivity index (χ0) is 22.3. The summed E-state index contributed by atoms with van der Waals surface area (Å²) in [6.07, 6.45) is 5.62. The monoisotopic (exact) mass is 419 g/mol. The Hall–Kier alpha value is -2.19. The number of hydrogen-bond acceptors (Lipinski definition) is 6. The Balaban J connectivity index is 2.09. The van der Waals surface area contributed by atoms with Crippen molar-refractivity contribution in [1.29, 1.82) is 0 Å². The number of carbonyl (C=O) groups is 2. The number of hydrogen-bond donors (Lipinski definition) is 4. The Morgan fingerprint density at radius 1 is 1.20 bits per heavy atom. The molecule has 0 aliphatic heterocycles. The van der Waals surface area contributed by atoms with Crippen molar-refractivity contribution in [3.63, 3.8) is 0 Å². The minimum atomic E-state index is -0.995. The van der Waals surface area contributed by atoms with Crippen LogP contribution in [0.2, 0.25) is 0 Å². The van der Waals surface area contributed by atoms with Crippen LogP contribution in [-0.4, -0.2) is 58.1 Å². The first-order valence-corrected chi connectivity index (χ1v) is 10.9. The molecule has 0 spiro atoms. The molecule has 1 heterocycles. The fourth-order valence-corrected chi connectivity index (χ4v) is 3.80. The highest BCUT2D eigenvalue weighted by molar-refractivity contribution is 5.90. The molecule has 3 atom stereocenters. The molecule has 0 radical (unpaired) electrons. The Morgan fingerprint density at radius 2 is 1.87 bits per heavy atom. The maximum Gasteiger partial charge on any atom is 0.245 e. The number of likely N-dealkylation sites (N-methyl/N-ethyl adjacent to an activating group) is 1. The van der Waals surface area contributed by atoms with Gasteiger partial charge in [0, 0.05) is 18.8 Å². The smallest absolute Gasteiger partial charge is 0.245 e. The Labute approximate surface area is 179 Å². The van der Waals surface area contributed by atoms with Gasteiger partial charge in [-0.15, -0.1) is 0 Å². The second-order valence-corrected chi connectivity index (χ2v) is 8.62. The number of amides is 2. The van der Waals surface area contributed by atoms with Gasteiger partial charge in [-0.3, -0.25) is 14.5 Å². The van der Waals surface area contributed by atoms with Gasteiger partial charge >= 0.3 is 0 Å². The van der Waals surface area contributed by atoms with Crippen LogP contribution in [0.25, 0.3) is 0 Å². The average molecular weight is 420 g/mol. The van der Waals surface area contributed by atoms with Crippen LogP contribution in [0.3, 0.4) is 0 Å². The lowest BCUT2D eigenvalue weighted by molar-refractivity contribution is -0.135. The third kappa shape index (κ3) is 6.67. The van der Waals surface area contributed by atoms with Crippen molar-refractivity contribution >= 4 is 17.6 Å². The van der Waals surface area contributed by atoms with Gasteiger partial charge in [0.1, 0.15) is 11.9 Å². The Bertz CT molecular complexity index is 689. The molecule has 8 heteroatoms. The van der Waals surface area contributed by atoms with Crippen LogP contribution in [0.5, 0.6) is 0 Å². The van der Waals surface area contributed by atoms with Crippen LogP contribution in [0.4, 0.5) is 5.82 Å². The first-order valence-electron chi connectivity index (χ1n) is 10.9. The molecule has 1 unspecified atom stereocenters. The highest BCUT2D eigenvalue weighted by Gasteiger charge is 2.36. The minimum absolute atomic E-state index is 0.00567. The van der Waals surface area contributed by atoms with E-state index < -0.39 is 24.1 Å². The summed E-state index contributed by atoms with van der Waals surface area (Å²) in [5.41, 5.74) is 6.39. The van der Waals surface area contributed by atoms with E-state index in [-0.39, 0.29) is 24.4 Å². The number of aromatic nitrogens is 1. The third-order valence-corrected chi connectivity index (χ3v) is 6.17. The van der Waals surface area contributed by atoms with Crippen molar-refractivity contribution in [2.24, 2.45) is 5.92 Å². The number of anilines is 1. The normalized spacial score (nSPS) is 18.1. The van der Waals surface area contributed by atoms with Gasteiger partial charge in [0.2, 0.25) is 11.8 Å². The van der Waals surface area contributed by atoms with Crippen molar-refractivity contribution in [2.75, 3.05) is 12.8 Å². The molecular formula is C22H37N5O3. The number of pyridine rings is 1. The lowest BCUT2D eigenvalue weighted by Crippen LogP contribution is -2.58. The van der Waals surface area contributed by atoms with E-state index >= 15 is 0 Å². The molecule has 2 rings (SSSR count). The van der Waals surface area contributed by atoms with E-state index in [0.29, 0.717) is 5.82 Å². The molecule has 0 bridgehead atoms. The molecule has 1 saturated carbocycles. The SMILES string of the molecule is CC(C)N(C)[C@@H](C)C(=O)NC(C(=O)NCc1ccc(N)nc1)[C@H](O)C1CCCCC1. The summed E-state index contributed by atoms with van der Waals surface area (Å²) >= 11 is 0. The van der Waals surface area contributed by atoms with Gasteiger partial charge in [-0.2, -0.15) is 0 Å². The summed E-state index contributed by atoms with van der Waals surface area (Å²) in [5, 5.41) is 16.6. The number of nitrogens with one attached hydrogen (secondary N) is 2. The van der Waals surface area contributed by atoms with E-state index in [2.05, 4.69) is 15.6 Å². The molecule has 1 aliphatic carbocycles. The number of aliphatic hydroxyl groups is 1. The molecule has 168 valence electrons. The van der Waals surface area contributed by atoms with Gasteiger partial charge in [-0.25, -0.2) is 4.98 Å². The lowest BCUT2D eigenvalue weighted by Gasteiger charge is -2.34. The molecule has 1 aromatic heterocycles. The fourth-order valence-electron chi connectivity index (χ4n) is 3.80. The van der Waals surface area contributed by atoms with E-state index in [1.807, 2.05) is 25.8 Å². The molecule has 0 saturated heterocycles. The van der Waals surface area contributed by atoms with Crippen molar-refractivity contribution in [3.8, 4) is 0 Å². The van der Waals surface area contributed by atoms with E-state index in [1.165, 1.54) is 0 Å². The van der Waals surface area contributed by atoms with Gasteiger partial charge in [0.25, 0.3) is 0 Å². The highest BCUT2D eigenvalue weighted by atomic mass is 16.3. The largest absolute Gasteiger partial charge is 0.390 e. The van der Waals surface area contributed by atoms with Crippen LogP contribution in [-0.2, 0) is 16.1 Å². The zero-order valence-corrected chi connectivity index (χ0v) is 18.6. The Kier molecular flexibility index (Phi) is 9.05. The van der Waals surface area contributed by atoms with Crippen LogP contribution in [0, 0.1) is 5.92 Å². The van der Waals surface area contributed by atoms with Crippen molar-refractivity contribution in [3.05, 3.63) is 23.9 Å². The first kappa shape index (κ1) is 24.1. The first-order chi connectivity index (χ1) is 14.2. The van der Waals surface area contributed by atoms with Gasteiger partial charge in [-0.05, 0) is 58.2 Å². The van der Waals surface area contributed by atoms with Crippen LogP contribution in [0.15, 0.2) is 18.3 Å². The maximum absolute atomic E-state index is 13.0. The molecule has 2 amide bonds. The second kappa shape index (κ2) is 11.3. The molecule has 0 aromatic carbocycles. The summed E-state index contributed by atoms with van der Waals surface area (Å²) in [7, 11) is 1.87. The topological polar surface area (TPSA) is 121 Å². The van der Waals surface area contributed by atoms with E-state index in [1.54, 1.807) is 25.3 Å². The molecule has 1 fully saturated rings. The summed E-state index contributed by atoms with van der Waals surface area (Å²) in [6, 6.07) is 2.22. The molecule has 5 N–H and O–H groups in total. The lowest BCUT2D eigenvalue weighted by atomic mass is 9.82. The molecule has 1 aromatic rings. The highest BCUT2D eigenvalue weighted by Crippen LogP contribution is 2.28. The summed E-state index contributed by atoms with van der Waals surface area (Å²) in [4.78, 5) is 31.8. The second-order valence-electron chi connectivity index (χ2n) is 8.62. The predicted octanol–water partition coefficient (Wildman–Crippen LogP) is 1.43. The molecule has 8 nitrogen and oxygen atoms in total. The Morgan fingerprint density at radius 3 is 2.43 bits per heavy atom. The number of rotatable bonds is 9. The zero-order valence-electron chi connectivity index (χ0n) is 18.6. The van der Waals surface area contributed by atoms with Gasteiger partial charge in [0.15, 0.2) is 0 Å². The van der Waals surface area contributed by atoms with Crippen molar-refractivity contribution < 1.29 is 14.7 Å². The van der Waals surface area contributed by atoms with E-state index in [0.717, 1.165) is 37.7 Å². The number of nitrogen functional groups attached to an aromatic ring is 1. The minimum Gasteiger partial charge on any atom is -0.390 e. The van der Waals surface area contributed by atoms with Gasteiger partial charge in [-0.1, -0.05) is 25.3 Å². The summed E-state index contributed by atoms with van der Waals surface area (Å²) in [5.74, 6) is -0.245. The van der Waals surface area contributed by atoms with Crippen molar-refractivity contribution in [2.45, 2.75) is 83.6 Å². The molecular weight excluding hydrogens is 382 g/mol. The fraction of sp³-hybridized carbons (Fsp3) is 0.682. The van der Waals surface area contributed by atoms with Crippen LogP contribution >= 0.6 is 0 Å². The number of nitrogens with two attached hydrogens (primary N) is 1. The van der Waals surface area contributed by atoms with Gasteiger partial charge in [0.05, 0.1) is 12.1 Å². The standard InChI is InChI=1S/C22H37N5O3/c1-14(2)27(4)15(3)21(29)26-19(20(28)17-8-6-5-7-9-17)22(30)25-13-16-10-11-18(23)24-12-16/h10-12,14-15,17,19-20,28H,5-9,13H2,1-4H3,(H2,23,24)(H,25,30)(H,26,29)/t15-,19?,20+/m0/s1. The van der Waals surface area contributed by atoms with Gasteiger partial charge < -0.3 is 21.5 Å². The summed E-state index contributed by atoms with van der Waals surface area (Å²) < 4.78 is 0. The van der Waals surface area contributed by atoms with Crippen molar-refractivity contribution in [1.82, 2.24) is 20.5 Å². The van der Waals surface area contributed by atoms with E-state index in [4.69, 9.17) is 5.73 Å². The quantitative estimate of drug-likeness (QED) is 0.481. The van der Waals surface area contributed by atoms with Crippen LogP contribution < -0.4 is 16.4 Å². The average Bonchev–Trinajstić information content (AvgIpc) is 2.75. The molecule has 30 heavy (non-hydrogen) atoms. The number of aliphatic hydroxyl groups excluding tert-OH is 1. The number of carbonyl (C=O) groups excluding carboxylic acids is 2. The predicted molar refractivity (Wildman–Crippen MR) is 117 cm³/mol. The third-order valence-electron chi connectivity index (χ3n) is 6.17. The molecule has 1 aliphatic rings.